The number of thiazole rings is 1. The summed E-state index contributed by atoms with van der Waals surface area (Å²) in [5.41, 5.74) is 0.902. The number of carbonyl (C=O) groups excluding carboxylic acids is 1. The Morgan fingerprint density at radius 3 is 2.93 bits per heavy atom. The number of urea groups is 1. The number of nitrogens with zero attached hydrogens (tertiary/aromatic N) is 5. The molecule has 0 aliphatic rings. The third-order valence-corrected chi connectivity index (χ3v) is 5.67. The van der Waals surface area contributed by atoms with Crippen LogP contribution in [0.2, 0.25) is 0 Å². The van der Waals surface area contributed by atoms with Crippen LogP contribution < -0.4 is 10.2 Å². The fourth-order valence-electron chi connectivity index (χ4n) is 2.98. The molecule has 3 heterocycles. The summed E-state index contributed by atoms with van der Waals surface area (Å²) in [6, 6.07) is 3.70. The average Bonchev–Trinajstić information content (AvgIpc) is 3.35. The van der Waals surface area contributed by atoms with Gasteiger partial charge in [-0.05, 0) is 43.6 Å². The summed E-state index contributed by atoms with van der Waals surface area (Å²) in [6.07, 6.45) is 6.76. The van der Waals surface area contributed by atoms with E-state index in [9.17, 15) is 4.79 Å². The highest BCUT2D eigenvalue weighted by Gasteiger charge is 2.17. The van der Waals surface area contributed by atoms with Crippen molar-refractivity contribution in [3.8, 4) is 0 Å². The molecule has 2 amide bonds. The van der Waals surface area contributed by atoms with Gasteiger partial charge in [0.1, 0.15) is 10.6 Å². The number of aryl methyl sites for hydroxylation is 1. The lowest BCUT2D eigenvalue weighted by atomic mass is 10.2. The number of nitrogens with one attached hydrogen (secondary N) is 3. The van der Waals surface area contributed by atoms with E-state index in [0.717, 1.165) is 61.1 Å². The number of rotatable bonds is 11. The van der Waals surface area contributed by atoms with Crippen molar-refractivity contribution in [1.82, 2.24) is 35.9 Å². The van der Waals surface area contributed by atoms with Crippen LogP contribution >= 0.6 is 23.6 Å². The van der Waals surface area contributed by atoms with E-state index in [4.69, 9.17) is 12.2 Å². The molecule has 0 fully saturated rings. The Labute approximate surface area is 178 Å². The van der Waals surface area contributed by atoms with E-state index in [0.29, 0.717) is 22.9 Å². The van der Waals surface area contributed by atoms with Crippen LogP contribution in [-0.4, -0.2) is 49.7 Å². The van der Waals surface area contributed by atoms with E-state index in [1.165, 1.54) is 11.3 Å². The lowest BCUT2D eigenvalue weighted by Crippen LogP contribution is -2.41. The molecule has 0 atom stereocenters. The van der Waals surface area contributed by atoms with Crippen LogP contribution in [0, 0.1) is 3.95 Å². The minimum absolute atomic E-state index is 0.106. The van der Waals surface area contributed by atoms with Gasteiger partial charge in [0.2, 0.25) is 0 Å². The van der Waals surface area contributed by atoms with Gasteiger partial charge in [0.05, 0.1) is 5.52 Å². The molecule has 0 aliphatic heterocycles. The van der Waals surface area contributed by atoms with Gasteiger partial charge in [0, 0.05) is 19.5 Å². The molecule has 3 rings (SSSR count). The van der Waals surface area contributed by atoms with Crippen molar-refractivity contribution in [1.29, 1.82) is 0 Å². The van der Waals surface area contributed by atoms with Crippen molar-refractivity contribution in [2.75, 3.05) is 18.0 Å². The zero-order valence-electron chi connectivity index (χ0n) is 16.5. The van der Waals surface area contributed by atoms with Gasteiger partial charge in [0.15, 0.2) is 9.78 Å². The molecule has 0 radical (unpaired) electrons. The second kappa shape index (κ2) is 11.0. The van der Waals surface area contributed by atoms with Crippen LogP contribution in [0.3, 0.4) is 0 Å². The Bertz CT molecular complexity index is 952. The molecule has 156 valence electrons. The number of H-pyrrole nitrogens is 2. The third-order valence-electron chi connectivity index (χ3n) is 4.52. The number of amides is 2. The largest absolute Gasteiger partial charge is 0.338 e. The van der Waals surface area contributed by atoms with Crippen molar-refractivity contribution in [2.45, 2.75) is 51.9 Å². The van der Waals surface area contributed by atoms with Gasteiger partial charge in [0.25, 0.3) is 0 Å². The predicted molar refractivity (Wildman–Crippen MR) is 117 cm³/mol. The average molecular weight is 435 g/mol. The predicted octanol–water partition coefficient (Wildman–Crippen LogP) is 3.99. The lowest BCUT2D eigenvalue weighted by molar-refractivity contribution is 0.245. The first-order chi connectivity index (χ1) is 14.2. The summed E-state index contributed by atoms with van der Waals surface area (Å²) in [7, 11) is 0. The molecule has 3 N–H and O–H groups in total. The van der Waals surface area contributed by atoms with Gasteiger partial charge in [-0.15, -0.1) is 10.2 Å². The Hall–Kier alpha value is -2.40. The zero-order valence-corrected chi connectivity index (χ0v) is 18.1. The normalized spacial score (nSPS) is 11.1. The first-order valence-electron chi connectivity index (χ1n) is 9.95. The van der Waals surface area contributed by atoms with Gasteiger partial charge in [-0.2, -0.15) is 5.21 Å². The van der Waals surface area contributed by atoms with E-state index in [-0.39, 0.29) is 6.03 Å². The first-order valence-corrected chi connectivity index (χ1v) is 11.2. The van der Waals surface area contributed by atoms with Crippen molar-refractivity contribution >= 4 is 45.8 Å². The number of fused-ring (bicyclic) bond motifs is 1. The fraction of sp³-hybridized carbons (Fsp3) is 0.556. The van der Waals surface area contributed by atoms with Crippen LogP contribution in [0.4, 0.5) is 10.6 Å². The maximum absolute atomic E-state index is 12.8. The van der Waals surface area contributed by atoms with Crippen LogP contribution in [0.15, 0.2) is 12.1 Å². The number of unbranched alkanes of at least 4 members (excludes halogenated alkanes) is 4. The highest BCUT2D eigenvalue weighted by Crippen LogP contribution is 2.22. The molecular formula is C18H26N8OS2. The molecule has 0 saturated heterocycles. The molecular weight excluding hydrogens is 408 g/mol. The van der Waals surface area contributed by atoms with E-state index < -0.39 is 0 Å². The number of pyridine rings is 1. The number of anilines is 1. The van der Waals surface area contributed by atoms with Crippen LogP contribution in [0.1, 0.15) is 51.3 Å². The number of aromatic amines is 2. The van der Waals surface area contributed by atoms with Gasteiger partial charge in [-0.25, -0.2) is 9.78 Å². The first kappa shape index (κ1) is 21.3. The SMILES string of the molecule is CCCCCN(C(=O)NCCCCCc1nn[nH]n1)c1ccc2[nH]c(=S)sc2n1. The molecule has 0 aromatic carbocycles. The summed E-state index contributed by atoms with van der Waals surface area (Å²) in [6.45, 7) is 3.42. The van der Waals surface area contributed by atoms with Crippen molar-refractivity contribution in [2.24, 2.45) is 0 Å². The van der Waals surface area contributed by atoms with Crippen molar-refractivity contribution < 1.29 is 4.79 Å². The second-order valence-electron chi connectivity index (χ2n) is 6.77. The molecule has 3 aromatic rings. The fourth-order valence-corrected chi connectivity index (χ4v) is 4.03. The Kier molecular flexibility index (Phi) is 8.05. The van der Waals surface area contributed by atoms with Crippen LogP contribution in [-0.2, 0) is 6.42 Å². The number of hydrogen-bond acceptors (Lipinski definition) is 7. The van der Waals surface area contributed by atoms with E-state index in [1.807, 2.05) is 12.1 Å². The number of hydrogen-bond donors (Lipinski definition) is 3. The summed E-state index contributed by atoms with van der Waals surface area (Å²) in [4.78, 5) is 23.1. The van der Waals surface area contributed by atoms with Gasteiger partial charge >= 0.3 is 6.03 Å². The van der Waals surface area contributed by atoms with Crippen LogP contribution in [0.5, 0.6) is 0 Å². The standard InChI is InChI=1S/C18H26N8OS2/c1-2-3-7-12-26(15-10-9-13-16(21-15)29-18(28)20-13)17(27)19-11-6-4-5-8-14-22-24-25-23-14/h9-10H,2-8,11-12H2,1H3,(H,19,27)(H,20,28)(H,22,23,24,25). The number of carbonyl (C=O) groups is 1. The maximum atomic E-state index is 12.8. The number of tetrazole rings is 1. The third kappa shape index (κ3) is 6.29. The van der Waals surface area contributed by atoms with Crippen molar-refractivity contribution in [3.63, 3.8) is 0 Å². The maximum Gasteiger partial charge on any atom is 0.323 e. The van der Waals surface area contributed by atoms with Gasteiger partial charge in [-0.3, -0.25) is 4.90 Å². The smallest absolute Gasteiger partial charge is 0.323 e. The van der Waals surface area contributed by atoms with E-state index in [1.54, 1.807) is 4.90 Å². The minimum Gasteiger partial charge on any atom is -0.338 e. The molecule has 0 saturated carbocycles. The van der Waals surface area contributed by atoms with Gasteiger partial charge < -0.3 is 10.3 Å². The summed E-state index contributed by atoms with van der Waals surface area (Å²) >= 11 is 6.62. The Balaban J connectivity index is 1.53. The molecule has 0 unspecified atom stereocenters. The highest BCUT2D eigenvalue weighted by molar-refractivity contribution is 7.73. The molecule has 0 bridgehead atoms. The molecule has 11 heteroatoms. The summed E-state index contributed by atoms with van der Waals surface area (Å²) in [5.74, 6) is 1.39. The van der Waals surface area contributed by atoms with E-state index in [2.05, 4.69) is 42.8 Å². The molecule has 0 aliphatic carbocycles. The van der Waals surface area contributed by atoms with E-state index >= 15 is 0 Å². The molecule has 3 aromatic heterocycles. The van der Waals surface area contributed by atoms with Gasteiger partial charge in [-0.1, -0.05) is 42.7 Å². The van der Waals surface area contributed by atoms with Crippen LogP contribution in [0.25, 0.3) is 10.3 Å². The Morgan fingerprint density at radius 1 is 1.24 bits per heavy atom. The zero-order chi connectivity index (χ0) is 20.5. The monoisotopic (exact) mass is 434 g/mol. The molecule has 9 nitrogen and oxygen atoms in total. The lowest BCUT2D eigenvalue weighted by Gasteiger charge is -2.22. The Morgan fingerprint density at radius 2 is 2.14 bits per heavy atom. The van der Waals surface area contributed by atoms with Crippen molar-refractivity contribution in [3.05, 3.63) is 21.9 Å². The highest BCUT2D eigenvalue weighted by atomic mass is 32.1. The summed E-state index contributed by atoms with van der Waals surface area (Å²) < 4.78 is 0.687. The minimum atomic E-state index is -0.106. The molecule has 29 heavy (non-hydrogen) atoms. The topological polar surface area (TPSA) is 115 Å². The second-order valence-corrected chi connectivity index (χ2v) is 8.43. The summed E-state index contributed by atoms with van der Waals surface area (Å²) in [5, 5.41) is 16.9. The number of aromatic nitrogens is 6. The quantitative estimate of drug-likeness (QED) is 0.310. The molecule has 0 spiro atoms.